The molecule has 0 spiro atoms. The number of hydrogen-bond acceptors (Lipinski definition) is 3. The lowest BCUT2D eigenvalue weighted by atomic mass is 9.97. The van der Waals surface area contributed by atoms with Crippen LogP contribution in [0.5, 0.6) is 0 Å². The van der Waals surface area contributed by atoms with Crippen LogP contribution in [-0.2, 0) is 9.53 Å². The van der Waals surface area contributed by atoms with Crippen molar-refractivity contribution in [2.24, 2.45) is 16.8 Å². The molecule has 21 heavy (non-hydrogen) atoms. The van der Waals surface area contributed by atoms with Gasteiger partial charge in [-0.2, -0.15) is 0 Å². The van der Waals surface area contributed by atoms with Crippen molar-refractivity contribution in [1.29, 1.82) is 0 Å². The average molecular weight is 409 g/mol. The molecule has 2 rings (SSSR count). The Bertz CT molecular complexity index is 351. The van der Waals surface area contributed by atoms with Gasteiger partial charge in [0.25, 0.3) is 0 Å². The van der Waals surface area contributed by atoms with Gasteiger partial charge in [-0.1, -0.05) is 12.8 Å². The monoisotopic (exact) mass is 409 g/mol. The highest BCUT2D eigenvalue weighted by Gasteiger charge is 2.27. The summed E-state index contributed by atoms with van der Waals surface area (Å²) < 4.78 is 4.82. The Morgan fingerprint density at radius 1 is 1.29 bits per heavy atom. The molecule has 6 heteroatoms. The minimum Gasteiger partial charge on any atom is -0.469 e. The van der Waals surface area contributed by atoms with Gasteiger partial charge in [-0.25, -0.2) is 0 Å². The first-order chi connectivity index (χ1) is 9.74. The molecule has 0 unspecified atom stereocenters. The largest absolute Gasteiger partial charge is 0.469 e. The molecule has 1 aliphatic carbocycles. The summed E-state index contributed by atoms with van der Waals surface area (Å²) >= 11 is 0. The van der Waals surface area contributed by atoms with E-state index in [2.05, 4.69) is 15.2 Å². The number of likely N-dealkylation sites (tertiary alicyclic amines) is 1. The summed E-state index contributed by atoms with van der Waals surface area (Å²) in [4.78, 5) is 18.1. The highest BCUT2D eigenvalue weighted by atomic mass is 127. The Morgan fingerprint density at radius 2 is 1.95 bits per heavy atom. The molecule has 1 saturated heterocycles. The maximum absolute atomic E-state index is 11.5. The molecular weight excluding hydrogens is 381 g/mol. The Morgan fingerprint density at radius 3 is 2.48 bits per heavy atom. The van der Waals surface area contributed by atoms with Crippen molar-refractivity contribution in [3.05, 3.63) is 0 Å². The highest BCUT2D eigenvalue weighted by Crippen LogP contribution is 2.33. The number of aliphatic imine (C=N–C) groups is 1. The van der Waals surface area contributed by atoms with Crippen LogP contribution in [0, 0.1) is 11.8 Å². The van der Waals surface area contributed by atoms with E-state index in [1.807, 2.05) is 7.05 Å². The van der Waals surface area contributed by atoms with Gasteiger partial charge in [-0.05, 0) is 31.6 Å². The van der Waals surface area contributed by atoms with E-state index in [1.165, 1.54) is 32.8 Å². The number of rotatable bonds is 5. The number of nitrogens with one attached hydrogen (secondary N) is 1. The third-order valence-electron chi connectivity index (χ3n) is 4.31. The van der Waals surface area contributed by atoms with Crippen LogP contribution in [0.15, 0.2) is 4.99 Å². The first kappa shape index (κ1) is 18.5. The summed E-state index contributed by atoms with van der Waals surface area (Å²) in [7, 11) is 3.30. The molecule has 0 bridgehead atoms. The van der Waals surface area contributed by atoms with E-state index in [1.54, 1.807) is 0 Å². The van der Waals surface area contributed by atoms with E-state index in [0.29, 0.717) is 0 Å². The molecule has 2 fully saturated rings. The topological polar surface area (TPSA) is 53.9 Å². The molecule has 1 saturated carbocycles. The van der Waals surface area contributed by atoms with Crippen LogP contribution < -0.4 is 5.32 Å². The van der Waals surface area contributed by atoms with Crippen molar-refractivity contribution in [3.63, 3.8) is 0 Å². The normalized spacial score (nSPS) is 19.9. The number of esters is 1. The van der Waals surface area contributed by atoms with Crippen LogP contribution in [-0.4, -0.2) is 50.6 Å². The maximum Gasteiger partial charge on any atom is 0.308 e. The van der Waals surface area contributed by atoms with Crippen LogP contribution in [0.25, 0.3) is 0 Å². The molecule has 1 heterocycles. The number of halogens is 1. The van der Waals surface area contributed by atoms with Gasteiger partial charge in [0, 0.05) is 26.7 Å². The fourth-order valence-electron chi connectivity index (χ4n) is 2.82. The smallest absolute Gasteiger partial charge is 0.308 e. The lowest BCUT2D eigenvalue weighted by molar-refractivity contribution is -0.146. The van der Waals surface area contributed by atoms with Gasteiger partial charge in [-0.15, -0.1) is 24.0 Å². The zero-order valence-corrected chi connectivity index (χ0v) is 15.5. The lowest BCUT2D eigenvalue weighted by Crippen LogP contribution is -2.46. The Kier molecular flexibility index (Phi) is 8.36. The fourth-order valence-corrected chi connectivity index (χ4v) is 2.82. The number of carbonyl (C=O) groups is 1. The van der Waals surface area contributed by atoms with Gasteiger partial charge in [0.15, 0.2) is 5.96 Å². The van der Waals surface area contributed by atoms with Crippen LogP contribution in [0.4, 0.5) is 0 Å². The predicted molar refractivity (Wildman–Crippen MR) is 95.0 cm³/mol. The molecular formula is C15H28IN3O2. The number of guanidine groups is 1. The third-order valence-corrected chi connectivity index (χ3v) is 4.31. The molecule has 2 aliphatic rings. The summed E-state index contributed by atoms with van der Waals surface area (Å²) in [6, 6.07) is 0. The van der Waals surface area contributed by atoms with Crippen molar-refractivity contribution >= 4 is 35.9 Å². The number of methoxy groups -OCH3 is 1. The van der Waals surface area contributed by atoms with Crippen LogP contribution in [0.3, 0.4) is 0 Å². The van der Waals surface area contributed by atoms with E-state index in [4.69, 9.17) is 4.74 Å². The highest BCUT2D eigenvalue weighted by molar-refractivity contribution is 14.0. The van der Waals surface area contributed by atoms with E-state index in [-0.39, 0.29) is 35.9 Å². The summed E-state index contributed by atoms with van der Waals surface area (Å²) in [6.45, 7) is 2.75. The van der Waals surface area contributed by atoms with Crippen molar-refractivity contribution in [1.82, 2.24) is 10.2 Å². The summed E-state index contributed by atoms with van der Waals surface area (Å²) in [5, 5.41) is 3.44. The number of hydrogen-bond donors (Lipinski definition) is 1. The summed E-state index contributed by atoms with van der Waals surface area (Å²) in [5.41, 5.74) is 0. The molecule has 5 nitrogen and oxygen atoms in total. The lowest BCUT2D eigenvalue weighted by Gasteiger charge is -2.33. The predicted octanol–water partition coefficient (Wildman–Crippen LogP) is 2.26. The molecule has 0 aromatic carbocycles. The molecule has 1 aliphatic heterocycles. The van der Waals surface area contributed by atoms with Crippen LogP contribution in [0.1, 0.15) is 38.5 Å². The number of nitrogens with zero attached hydrogens (tertiary/aromatic N) is 2. The van der Waals surface area contributed by atoms with E-state index in [9.17, 15) is 4.79 Å². The van der Waals surface area contributed by atoms with Crippen molar-refractivity contribution < 1.29 is 9.53 Å². The quantitative estimate of drug-likeness (QED) is 0.249. The van der Waals surface area contributed by atoms with Gasteiger partial charge in [0.05, 0.1) is 13.0 Å². The molecule has 0 atom stereocenters. The van der Waals surface area contributed by atoms with Gasteiger partial charge >= 0.3 is 5.97 Å². The minimum absolute atomic E-state index is 0. The third kappa shape index (κ3) is 6.00. The SMILES string of the molecule is CN=C(NCCCC1CC1)N1CCC(C(=O)OC)CC1.I. The maximum atomic E-state index is 11.5. The Hall–Kier alpha value is -0.530. The van der Waals surface area contributed by atoms with Crippen molar-refractivity contribution in [2.45, 2.75) is 38.5 Å². The second-order valence-corrected chi connectivity index (χ2v) is 5.84. The van der Waals surface area contributed by atoms with Crippen LogP contribution in [0.2, 0.25) is 0 Å². The summed E-state index contributed by atoms with van der Waals surface area (Å²) in [6.07, 6.45) is 7.13. The zero-order chi connectivity index (χ0) is 14.4. The number of carbonyl (C=O) groups excluding carboxylic acids is 1. The molecule has 1 N–H and O–H groups in total. The first-order valence-corrected chi connectivity index (χ1v) is 7.78. The van der Waals surface area contributed by atoms with Gasteiger partial charge in [0.2, 0.25) is 0 Å². The van der Waals surface area contributed by atoms with Crippen LogP contribution >= 0.6 is 24.0 Å². The van der Waals surface area contributed by atoms with Gasteiger partial charge in [0.1, 0.15) is 0 Å². The minimum atomic E-state index is -0.0722. The standard InChI is InChI=1S/C15H27N3O2.HI/c1-16-15(17-9-3-4-12-5-6-12)18-10-7-13(8-11-18)14(19)20-2;/h12-13H,3-11H2,1-2H3,(H,16,17);1H. The Balaban J connectivity index is 0.00000220. The van der Waals surface area contributed by atoms with E-state index >= 15 is 0 Å². The first-order valence-electron chi connectivity index (χ1n) is 7.78. The second-order valence-electron chi connectivity index (χ2n) is 5.84. The van der Waals surface area contributed by atoms with Gasteiger partial charge in [-0.3, -0.25) is 9.79 Å². The van der Waals surface area contributed by atoms with Crippen molar-refractivity contribution in [3.8, 4) is 0 Å². The molecule has 122 valence electrons. The molecule has 0 aromatic heterocycles. The fraction of sp³-hybridized carbons (Fsp3) is 0.867. The Labute approximate surface area is 144 Å². The van der Waals surface area contributed by atoms with Crippen molar-refractivity contribution in [2.75, 3.05) is 33.8 Å². The number of ether oxygens (including phenoxy) is 1. The number of piperidine rings is 1. The zero-order valence-electron chi connectivity index (χ0n) is 13.1. The van der Waals surface area contributed by atoms with Gasteiger partial charge < -0.3 is 15.0 Å². The van der Waals surface area contributed by atoms with E-state index < -0.39 is 0 Å². The summed E-state index contributed by atoms with van der Waals surface area (Å²) in [5.74, 6) is 1.96. The molecule has 0 amide bonds. The van der Waals surface area contributed by atoms with E-state index in [0.717, 1.165) is 44.4 Å². The average Bonchev–Trinajstić information content (AvgIpc) is 3.31. The molecule has 0 radical (unpaired) electrons. The second kappa shape index (κ2) is 9.48. The molecule has 0 aromatic rings.